The molecule has 0 saturated carbocycles. The van der Waals surface area contributed by atoms with E-state index in [1.165, 1.54) is 12.1 Å². The topological polar surface area (TPSA) is 44.5 Å². The Kier molecular flexibility index (Phi) is 3.95. The second-order valence-electron chi connectivity index (χ2n) is 4.78. The normalized spacial score (nSPS) is 13.7. The molecule has 1 unspecified atom stereocenters. The molecule has 1 atom stereocenters. The number of hydrogen-bond donors (Lipinski definition) is 1. The molecule has 2 rings (SSSR count). The van der Waals surface area contributed by atoms with E-state index in [4.69, 9.17) is 15.2 Å². The highest BCUT2D eigenvalue weighted by atomic mass is 19.1. The molecule has 0 aliphatic carbocycles. The van der Waals surface area contributed by atoms with Gasteiger partial charge in [-0.1, -0.05) is 12.1 Å². The summed E-state index contributed by atoms with van der Waals surface area (Å²) in [5.74, 6) is 0.995. The largest absolute Gasteiger partial charge is 0.497 e. The molecule has 20 heavy (non-hydrogen) atoms. The monoisotopic (exact) mass is 275 g/mol. The van der Waals surface area contributed by atoms with Gasteiger partial charge in [-0.05, 0) is 42.8 Å². The van der Waals surface area contributed by atoms with Crippen LogP contribution in [0.15, 0.2) is 42.5 Å². The van der Waals surface area contributed by atoms with Crippen LogP contribution in [0.5, 0.6) is 11.5 Å². The number of halogens is 1. The van der Waals surface area contributed by atoms with E-state index in [0.29, 0.717) is 17.1 Å². The van der Waals surface area contributed by atoms with Gasteiger partial charge < -0.3 is 15.2 Å². The lowest BCUT2D eigenvalue weighted by Gasteiger charge is -2.28. The number of methoxy groups -OCH3 is 2. The van der Waals surface area contributed by atoms with Crippen LogP contribution in [0.25, 0.3) is 0 Å². The van der Waals surface area contributed by atoms with Gasteiger partial charge in [0.25, 0.3) is 0 Å². The quantitative estimate of drug-likeness (QED) is 0.932. The van der Waals surface area contributed by atoms with Crippen LogP contribution in [0, 0.1) is 5.82 Å². The Morgan fingerprint density at radius 2 is 1.80 bits per heavy atom. The minimum Gasteiger partial charge on any atom is -0.497 e. The summed E-state index contributed by atoms with van der Waals surface area (Å²) in [6.07, 6.45) is 0. The smallest absolute Gasteiger partial charge is 0.124 e. The van der Waals surface area contributed by atoms with Gasteiger partial charge in [-0.3, -0.25) is 0 Å². The zero-order chi connectivity index (χ0) is 14.8. The van der Waals surface area contributed by atoms with Gasteiger partial charge in [-0.2, -0.15) is 0 Å². The molecule has 3 nitrogen and oxygen atoms in total. The molecular weight excluding hydrogens is 257 g/mol. The third kappa shape index (κ3) is 2.60. The number of rotatable bonds is 4. The molecule has 2 aromatic carbocycles. The summed E-state index contributed by atoms with van der Waals surface area (Å²) in [6, 6.07) is 11.7. The van der Waals surface area contributed by atoms with Gasteiger partial charge in [-0.15, -0.1) is 0 Å². The van der Waals surface area contributed by atoms with Crippen molar-refractivity contribution >= 4 is 0 Å². The lowest BCUT2D eigenvalue weighted by Crippen LogP contribution is -2.34. The molecule has 0 aromatic heterocycles. The minimum atomic E-state index is -0.887. The highest BCUT2D eigenvalue weighted by Gasteiger charge is 2.28. The SMILES string of the molecule is COc1ccc(OC)c(C(C)(N)c2cccc(F)c2)c1. The summed E-state index contributed by atoms with van der Waals surface area (Å²) in [5.41, 5.74) is 6.95. The fraction of sp³-hybridized carbons (Fsp3) is 0.250. The van der Waals surface area contributed by atoms with Gasteiger partial charge in [-0.25, -0.2) is 4.39 Å². The number of benzene rings is 2. The van der Waals surface area contributed by atoms with Crippen LogP contribution in [0.3, 0.4) is 0 Å². The molecule has 0 bridgehead atoms. The van der Waals surface area contributed by atoms with Gasteiger partial charge in [0.15, 0.2) is 0 Å². The van der Waals surface area contributed by atoms with E-state index in [9.17, 15) is 4.39 Å². The lowest BCUT2D eigenvalue weighted by atomic mass is 9.85. The van der Waals surface area contributed by atoms with Gasteiger partial charge in [0.1, 0.15) is 17.3 Å². The van der Waals surface area contributed by atoms with E-state index in [1.54, 1.807) is 38.5 Å². The Balaban J connectivity index is 2.58. The maximum atomic E-state index is 13.4. The van der Waals surface area contributed by atoms with Crippen molar-refractivity contribution in [3.8, 4) is 11.5 Å². The lowest BCUT2D eigenvalue weighted by molar-refractivity contribution is 0.389. The molecule has 0 aliphatic heterocycles. The first-order chi connectivity index (χ1) is 9.48. The second-order valence-corrected chi connectivity index (χ2v) is 4.78. The number of ether oxygens (including phenoxy) is 2. The predicted molar refractivity (Wildman–Crippen MR) is 76.6 cm³/mol. The summed E-state index contributed by atoms with van der Waals surface area (Å²) >= 11 is 0. The van der Waals surface area contributed by atoms with Crippen molar-refractivity contribution in [2.45, 2.75) is 12.5 Å². The van der Waals surface area contributed by atoms with Crippen molar-refractivity contribution in [2.24, 2.45) is 5.73 Å². The van der Waals surface area contributed by atoms with Crippen molar-refractivity contribution < 1.29 is 13.9 Å². The van der Waals surface area contributed by atoms with Crippen LogP contribution in [-0.2, 0) is 5.54 Å². The van der Waals surface area contributed by atoms with Crippen LogP contribution in [-0.4, -0.2) is 14.2 Å². The Labute approximate surface area is 118 Å². The molecule has 0 aliphatic rings. The summed E-state index contributed by atoms with van der Waals surface area (Å²) in [7, 11) is 3.16. The first-order valence-corrected chi connectivity index (χ1v) is 6.26. The maximum absolute atomic E-state index is 13.4. The molecule has 0 fully saturated rings. The first kappa shape index (κ1) is 14.3. The summed E-state index contributed by atoms with van der Waals surface area (Å²) in [5, 5.41) is 0. The molecule has 0 saturated heterocycles. The highest BCUT2D eigenvalue weighted by Crippen LogP contribution is 2.36. The van der Waals surface area contributed by atoms with E-state index in [-0.39, 0.29) is 5.82 Å². The summed E-state index contributed by atoms with van der Waals surface area (Å²) in [6.45, 7) is 1.82. The van der Waals surface area contributed by atoms with E-state index >= 15 is 0 Å². The number of nitrogens with two attached hydrogens (primary N) is 1. The van der Waals surface area contributed by atoms with E-state index in [1.807, 2.05) is 13.0 Å². The predicted octanol–water partition coefficient (Wildman–Crippen LogP) is 3.07. The minimum absolute atomic E-state index is 0.318. The zero-order valence-corrected chi connectivity index (χ0v) is 11.8. The molecular formula is C16H18FNO2. The number of hydrogen-bond acceptors (Lipinski definition) is 3. The van der Waals surface area contributed by atoms with Gasteiger partial charge in [0.2, 0.25) is 0 Å². The molecule has 2 N–H and O–H groups in total. The third-order valence-corrected chi connectivity index (χ3v) is 3.39. The molecule has 0 amide bonds. The van der Waals surface area contributed by atoms with Gasteiger partial charge in [0, 0.05) is 5.56 Å². The van der Waals surface area contributed by atoms with Crippen molar-refractivity contribution in [3.63, 3.8) is 0 Å². The van der Waals surface area contributed by atoms with E-state index in [2.05, 4.69) is 0 Å². The van der Waals surface area contributed by atoms with Crippen LogP contribution in [0.1, 0.15) is 18.1 Å². The average Bonchev–Trinajstić information content (AvgIpc) is 2.46. The summed E-state index contributed by atoms with van der Waals surface area (Å²) in [4.78, 5) is 0. The average molecular weight is 275 g/mol. The van der Waals surface area contributed by atoms with Crippen molar-refractivity contribution in [1.29, 1.82) is 0 Å². The van der Waals surface area contributed by atoms with Crippen molar-refractivity contribution in [1.82, 2.24) is 0 Å². The molecule has 0 heterocycles. The zero-order valence-electron chi connectivity index (χ0n) is 11.8. The fourth-order valence-corrected chi connectivity index (χ4v) is 2.19. The van der Waals surface area contributed by atoms with E-state index in [0.717, 1.165) is 5.56 Å². The van der Waals surface area contributed by atoms with Crippen LogP contribution in [0.2, 0.25) is 0 Å². The third-order valence-electron chi connectivity index (χ3n) is 3.39. The van der Waals surface area contributed by atoms with Crippen LogP contribution < -0.4 is 15.2 Å². The van der Waals surface area contributed by atoms with Crippen molar-refractivity contribution in [3.05, 3.63) is 59.4 Å². The van der Waals surface area contributed by atoms with Crippen LogP contribution in [0.4, 0.5) is 4.39 Å². The van der Waals surface area contributed by atoms with Crippen LogP contribution >= 0.6 is 0 Å². The molecule has 0 radical (unpaired) electrons. The molecule has 4 heteroatoms. The Morgan fingerprint density at radius 3 is 2.40 bits per heavy atom. The van der Waals surface area contributed by atoms with Gasteiger partial charge >= 0.3 is 0 Å². The summed E-state index contributed by atoms with van der Waals surface area (Å²) < 4.78 is 24.0. The van der Waals surface area contributed by atoms with Gasteiger partial charge in [0.05, 0.1) is 19.8 Å². The van der Waals surface area contributed by atoms with Crippen molar-refractivity contribution in [2.75, 3.05) is 14.2 Å². The maximum Gasteiger partial charge on any atom is 0.124 e. The Morgan fingerprint density at radius 1 is 1.05 bits per heavy atom. The first-order valence-electron chi connectivity index (χ1n) is 6.26. The van der Waals surface area contributed by atoms with E-state index < -0.39 is 5.54 Å². The molecule has 2 aromatic rings. The second kappa shape index (κ2) is 5.51. The standard InChI is InChI=1S/C16H18FNO2/c1-16(18,11-5-4-6-12(17)9-11)14-10-13(19-2)7-8-15(14)20-3/h4-10H,18H2,1-3H3. The fourth-order valence-electron chi connectivity index (χ4n) is 2.19. The Bertz CT molecular complexity index is 611. The molecule has 106 valence electrons. The molecule has 0 spiro atoms. The highest BCUT2D eigenvalue weighted by molar-refractivity contribution is 5.49. The Hall–Kier alpha value is -2.07.